The average molecular weight is 987 g/mol. The SMILES string of the molecule is CN(c1ccccc1)c1cccc2c1B(c1ccc3c(c1)B1c4c(cccc4N3c3ccccc3)-c3cc4sc5ccccc5c4c4c5ccccc5n1c34)n1c3ccccc3c3c4c(cc-2c31)sc1ccccc14. The van der Waals surface area contributed by atoms with E-state index in [2.05, 4.69) is 250 Å². The molecule has 346 valence electrons. The third kappa shape index (κ3) is 5.18. The molecule has 11 aromatic carbocycles. The second-order valence-electron chi connectivity index (χ2n) is 20.7. The molecule has 0 N–H and O–H groups in total. The van der Waals surface area contributed by atoms with Crippen LogP contribution < -0.4 is 31.7 Å². The third-order valence-corrected chi connectivity index (χ3v) is 19.3. The van der Waals surface area contributed by atoms with Crippen LogP contribution in [0.15, 0.2) is 224 Å². The first kappa shape index (κ1) is 40.6. The summed E-state index contributed by atoms with van der Waals surface area (Å²) >= 11 is 3.83. The van der Waals surface area contributed by atoms with Crippen LogP contribution in [-0.4, -0.2) is 29.7 Å². The van der Waals surface area contributed by atoms with E-state index in [0.29, 0.717) is 0 Å². The summed E-state index contributed by atoms with van der Waals surface area (Å²) in [5.74, 6) is 0. The number of rotatable bonds is 4. The van der Waals surface area contributed by atoms with Gasteiger partial charge in [0.2, 0.25) is 0 Å². The van der Waals surface area contributed by atoms with Crippen LogP contribution in [0.2, 0.25) is 0 Å². The van der Waals surface area contributed by atoms with Crippen molar-refractivity contribution >= 4 is 171 Å². The molecule has 8 heteroatoms. The largest absolute Gasteiger partial charge is 0.375 e. The highest BCUT2D eigenvalue weighted by atomic mass is 32.1. The quantitative estimate of drug-likeness (QED) is 0.163. The van der Waals surface area contributed by atoms with Crippen molar-refractivity contribution < 1.29 is 0 Å². The molecule has 4 aromatic heterocycles. The normalized spacial score (nSPS) is 13.3. The smallest absolute Gasteiger partial charge is 0.333 e. The molecule has 7 heterocycles. The summed E-state index contributed by atoms with van der Waals surface area (Å²) < 4.78 is 10.8. The zero-order chi connectivity index (χ0) is 48.8. The predicted octanol–water partition coefficient (Wildman–Crippen LogP) is 15.5. The van der Waals surface area contributed by atoms with E-state index in [0.717, 1.165) is 11.4 Å². The van der Waals surface area contributed by atoms with Gasteiger partial charge in [0.25, 0.3) is 0 Å². The third-order valence-electron chi connectivity index (χ3n) is 17.1. The van der Waals surface area contributed by atoms with Gasteiger partial charge < -0.3 is 18.8 Å². The van der Waals surface area contributed by atoms with Crippen LogP contribution in [0.25, 0.3) is 106 Å². The van der Waals surface area contributed by atoms with Gasteiger partial charge in [-0.2, -0.15) is 0 Å². The molecule has 3 aliphatic heterocycles. The molecule has 0 fully saturated rings. The van der Waals surface area contributed by atoms with Gasteiger partial charge in [-0.3, -0.25) is 0 Å². The Kier molecular flexibility index (Phi) is 7.96. The van der Waals surface area contributed by atoms with Gasteiger partial charge in [-0.25, -0.2) is 0 Å². The first-order valence-electron chi connectivity index (χ1n) is 26.0. The molecule has 0 aliphatic carbocycles. The maximum Gasteiger partial charge on any atom is 0.333 e. The van der Waals surface area contributed by atoms with Crippen LogP contribution in [0.3, 0.4) is 0 Å². The Balaban J connectivity index is 0.988. The molecule has 0 atom stereocenters. The molecule has 0 saturated heterocycles. The summed E-state index contributed by atoms with van der Waals surface area (Å²) in [6.45, 7) is -0.292. The zero-order valence-electron chi connectivity index (χ0n) is 40.6. The summed E-state index contributed by atoms with van der Waals surface area (Å²) in [4.78, 5) is 4.95. The van der Waals surface area contributed by atoms with Crippen LogP contribution in [-0.2, 0) is 0 Å². The lowest BCUT2D eigenvalue weighted by molar-refractivity contribution is 1.21. The Bertz CT molecular complexity index is 5010. The molecule has 75 heavy (non-hydrogen) atoms. The lowest BCUT2D eigenvalue weighted by atomic mass is 9.42. The Morgan fingerprint density at radius 1 is 0.387 bits per heavy atom. The summed E-state index contributed by atoms with van der Waals surface area (Å²) in [7, 11) is 2.24. The Labute approximate surface area is 440 Å². The van der Waals surface area contributed by atoms with Crippen LogP contribution in [0.1, 0.15) is 0 Å². The van der Waals surface area contributed by atoms with Crippen LogP contribution in [0.4, 0.5) is 28.4 Å². The molecule has 4 nitrogen and oxygen atoms in total. The van der Waals surface area contributed by atoms with Crippen molar-refractivity contribution in [1.82, 2.24) is 8.96 Å². The number of fused-ring (bicyclic) bond motifs is 20. The molecule has 0 bridgehead atoms. The second-order valence-corrected chi connectivity index (χ2v) is 22.8. The monoisotopic (exact) mass is 986 g/mol. The minimum absolute atomic E-state index is 0.112. The summed E-state index contributed by atoms with van der Waals surface area (Å²) in [5, 5.41) is 10.7. The Morgan fingerprint density at radius 3 is 1.56 bits per heavy atom. The highest BCUT2D eigenvalue weighted by Gasteiger charge is 2.45. The number of nitrogens with zero attached hydrogens (tertiary/aromatic N) is 4. The van der Waals surface area contributed by atoms with Crippen molar-refractivity contribution in [3.63, 3.8) is 0 Å². The second kappa shape index (κ2) is 14.7. The van der Waals surface area contributed by atoms with E-state index in [-0.39, 0.29) is 13.7 Å². The topological polar surface area (TPSA) is 16.3 Å². The molecular formula is C67H40B2N4S2. The molecule has 18 rings (SSSR count). The summed E-state index contributed by atoms with van der Waals surface area (Å²) in [6, 6.07) is 85.0. The maximum absolute atomic E-state index is 2.74. The first-order valence-corrected chi connectivity index (χ1v) is 27.6. The number of para-hydroxylation sites is 4. The van der Waals surface area contributed by atoms with Crippen molar-refractivity contribution in [2.24, 2.45) is 0 Å². The van der Waals surface area contributed by atoms with E-state index in [9.17, 15) is 0 Å². The molecule has 0 spiro atoms. The number of hydrogen-bond donors (Lipinski definition) is 0. The van der Waals surface area contributed by atoms with Gasteiger partial charge in [0.05, 0.1) is 0 Å². The van der Waals surface area contributed by atoms with Crippen molar-refractivity contribution in [1.29, 1.82) is 0 Å². The number of aromatic nitrogens is 2. The fraction of sp³-hybridized carbons (Fsp3) is 0.0149. The van der Waals surface area contributed by atoms with Gasteiger partial charge in [0, 0.05) is 131 Å². The standard InChI is InChI=1S/C67H40B2N4S2/c1-70(40-18-4-2-5-19-40)54-30-16-26-42-48-37-58-60(46-24-10-14-32-56(46)74-58)62-44-22-8-12-28-51(44)72(66(48)62)68(64(42)54)39-34-35-53-50(36-39)69-65-43(27-17-31-55(65)71(53)41-20-6-3-7-21-41)49-38-59-61(47-25-11-15-33-57(47)75-59)63-45-23-9-13-29-52(45)73(69)67(49)63/h2-38H,1H3. The van der Waals surface area contributed by atoms with Gasteiger partial charge >= 0.3 is 13.7 Å². The molecule has 15 aromatic rings. The summed E-state index contributed by atoms with van der Waals surface area (Å²) in [6.07, 6.45) is 0. The van der Waals surface area contributed by atoms with Gasteiger partial charge in [0.1, 0.15) is 0 Å². The van der Waals surface area contributed by atoms with Crippen LogP contribution >= 0.6 is 22.7 Å². The molecule has 0 radical (unpaired) electrons. The van der Waals surface area contributed by atoms with Gasteiger partial charge in [-0.15, -0.1) is 22.7 Å². The van der Waals surface area contributed by atoms with Crippen LogP contribution in [0.5, 0.6) is 0 Å². The molecule has 3 aliphatic rings. The molecule has 0 unspecified atom stereocenters. The minimum Gasteiger partial charge on any atom is -0.375 e. The van der Waals surface area contributed by atoms with E-state index < -0.39 is 0 Å². The van der Waals surface area contributed by atoms with Crippen molar-refractivity contribution in [2.45, 2.75) is 0 Å². The van der Waals surface area contributed by atoms with Crippen LogP contribution in [0, 0.1) is 0 Å². The van der Waals surface area contributed by atoms with E-state index in [1.807, 2.05) is 22.7 Å². The highest BCUT2D eigenvalue weighted by molar-refractivity contribution is 7.26. The summed E-state index contributed by atoms with van der Waals surface area (Å²) in [5.41, 5.74) is 21.5. The minimum atomic E-state index is -0.180. The van der Waals surface area contributed by atoms with E-state index in [1.165, 1.54) is 145 Å². The lowest BCUT2D eigenvalue weighted by Crippen LogP contribution is -2.59. The average Bonchev–Trinajstić information content (AvgIpc) is 4.39. The lowest BCUT2D eigenvalue weighted by Gasteiger charge is -2.41. The maximum atomic E-state index is 2.74. The van der Waals surface area contributed by atoms with Gasteiger partial charge in [-0.1, -0.05) is 151 Å². The van der Waals surface area contributed by atoms with Crippen molar-refractivity contribution in [2.75, 3.05) is 16.8 Å². The number of hydrogen-bond acceptors (Lipinski definition) is 4. The number of thiophene rings is 2. The fourth-order valence-electron chi connectivity index (χ4n) is 14.2. The zero-order valence-corrected chi connectivity index (χ0v) is 42.3. The van der Waals surface area contributed by atoms with E-state index in [4.69, 9.17) is 0 Å². The first-order chi connectivity index (χ1) is 37.2. The van der Waals surface area contributed by atoms with E-state index >= 15 is 0 Å². The van der Waals surface area contributed by atoms with Crippen molar-refractivity contribution in [3.8, 4) is 22.3 Å². The Hall–Kier alpha value is -8.81. The predicted molar refractivity (Wildman–Crippen MR) is 326 cm³/mol. The molecule has 0 amide bonds. The van der Waals surface area contributed by atoms with Gasteiger partial charge in [0.15, 0.2) is 0 Å². The van der Waals surface area contributed by atoms with E-state index in [1.54, 1.807) is 0 Å². The number of anilines is 5. The van der Waals surface area contributed by atoms with Gasteiger partial charge in [-0.05, 0) is 106 Å². The number of benzene rings is 11. The Morgan fingerprint density at radius 2 is 0.920 bits per heavy atom. The van der Waals surface area contributed by atoms with Crippen molar-refractivity contribution in [3.05, 3.63) is 224 Å². The highest BCUT2D eigenvalue weighted by Crippen LogP contribution is 2.52. The molecular weight excluding hydrogens is 947 g/mol. The fourth-order valence-corrected chi connectivity index (χ4v) is 16.5. The molecule has 0 saturated carbocycles.